The third-order valence-corrected chi connectivity index (χ3v) is 3.73. The Kier molecular flexibility index (Phi) is 3.60. The Morgan fingerprint density at radius 1 is 1.32 bits per heavy atom. The summed E-state index contributed by atoms with van der Waals surface area (Å²) in [7, 11) is 0. The molecule has 1 saturated heterocycles. The van der Waals surface area contributed by atoms with Crippen molar-refractivity contribution in [3.05, 3.63) is 41.7 Å². The normalized spacial score (nSPS) is 16.7. The maximum atomic E-state index is 4.36. The molecule has 1 fully saturated rings. The van der Waals surface area contributed by atoms with Crippen LogP contribution in [0.4, 0.5) is 0 Å². The van der Waals surface area contributed by atoms with Gasteiger partial charge in [0.2, 0.25) is 0 Å². The molecule has 100 valence electrons. The summed E-state index contributed by atoms with van der Waals surface area (Å²) in [5.41, 5.74) is 3.39. The van der Waals surface area contributed by atoms with Gasteiger partial charge in [-0.15, -0.1) is 0 Å². The lowest BCUT2D eigenvalue weighted by molar-refractivity contribution is 0.372. The molecule has 0 unspecified atom stereocenters. The molecule has 1 N–H and O–H groups in total. The van der Waals surface area contributed by atoms with Crippen molar-refractivity contribution in [3.63, 3.8) is 0 Å². The van der Waals surface area contributed by atoms with Gasteiger partial charge in [0.1, 0.15) is 0 Å². The molecule has 0 bridgehead atoms. The fourth-order valence-electron chi connectivity index (χ4n) is 2.69. The summed E-state index contributed by atoms with van der Waals surface area (Å²) in [5.74, 6) is 0.809. The number of nitrogens with one attached hydrogen (secondary N) is 1. The quantitative estimate of drug-likeness (QED) is 0.914. The second kappa shape index (κ2) is 5.53. The molecule has 0 radical (unpaired) electrons. The van der Waals surface area contributed by atoms with E-state index in [-0.39, 0.29) is 0 Å². The van der Waals surface area contributed by atoms with Crippen LogP contribution in [-0.4, -0.2) is 28.1 Å². The number of hydrogen-bond acceptors (Lipinski definition) is 3. The van der Waals surface area contributed by atoms with E-state index < -0.39 is 0 Å². The Morgan fingerprint density at radius 2 is 2.16 bits per heavy atom. The van der Waals surface area contributed by atoms with Gasteiger partial charge in [0.25, 0.3) is 0 Å². The van der Waals surface area contributed by atoms with E-state index in [0.29, 0.717) is 0 Å². The van der Waals surface area contributed by atoms with Gasteiger partial charge in [0, 0.05) is 0 Å². The van der Waals surface area contributed by atoms with E-state index in [1.807, 2.05) is 6.92 Å². The number of piperidine rings is 1. The zero-order chi connectivity index (χ0) is 13.1. The monoisotopic (exact) mass is 256 g/mol. The smallest absolute Gasteiger partial charge is 0.0859 e. The lowest BCUT2D eigenvalue weighted by Crippen LogP contribution is -2.28. The summed E-state index contributed by atoms with van der Waals surface area (Å²) in [6.07, 6.45) is 5.52. The average molecular weight is 256 g/mol. The predicted molar refractivity (Wildman–Crippen MR) is 75.4 cm³/mol. The largest absolute Gasteiger partial charge is 0.317 e. The molecule has 1 aromatic carbocycles. The molecule has 4 heteroatoms. The average Bonchev–Trinajstić information content (AvgIpc) is 2.87. The van der Waals surface area contributed by atoms with Crippen molar-refractivity contribution in [3.8, 4) is 5.69 Å². The lowest BCUT2D eigenvalue weighted by Gasteiger charge is -2.22. The summed E-state index contributed by atoms with van der Waals surface area (Å²) >= 11 is 0. The van der Waals surface area contributed by atoms with Crippen LogP contribution in [0.5, 0.6) is 0 Å². The Labute approximate surface area is 113 Å². The van der Waals surface area contributed by atoms with Gasteiger partial charge < -0.3 is 5.32 Å². The molecule has 19 heavy (non-hydrogen) atoms. The van der Waals surface area contributed by atoms with Crippen LogP contribution in [0.3, 0.4) is 0 Å². The van der Waals surface area contributed by atoms with Crippen LogP contribution in [0.2, 0.25) is 0 Å². The Balaban J connectivity index is 1.75. The number of aromatic nitrogens is 3. The second-order valence-electron chi connectivity index (χ2n) is 5.34. The molecule has 0 aliphatic carbocycles. The first-order valence-corrected chi connectivity index (χ1v) is 7.00. The minimum Gasteiger partial charge on any atom is -0.317 e. The van der Waals surface area contributed by atoms with Crippen LogP contribution in [0.25, 0.3) is 5.69 Å². The van der Waals surface area contributed by atoms with E-state index in [9.17, 15) is 0 Å². The number of rotatable bonds is 3. The van der Waals surface area contributed by atoms with E-state index in [2.05, 4.69) is 39.8 Å². The number of hydrogen-bond donors (Lipinski definition) is 1. The van der Waals surface area contributed by atoms with Crippen LogP contribution in [0.15, 0.2) is 30.5 Å². The molecule has 0 amide bonds. The highest BCUT2D eigenvalue weighted by molar-refractivity contribution is 5.34. The SMILES string of the molecule is Cc1cnn(-c2cccc(CC3CCNCC3)c2)n1. The van der Waals surface area contributed by atoms with Gasteiger partial charge in [0.05, 0.1) is 17.6 Å². The molecule has 1 aliphatic heterocycles. The zero-order valence-corrected chi connectivity index (χ0v) is 11.3. The molecular weight excluding hydrogens is 236 g/mol. The molecule has 2 heterocycles. The molecule has 4 nitrogen and oxygen atoms in total. The second-order valence-corrected chi connectivity index (χ2v) is 5.34. The first-order valence-electron chi connectivity index (χ1n) is 7.00. The van der Waals surface area contributed by atoms with Gasteiger partial charge in [-0.25, -0.2) is 0 Å². The van der Waals surface area contributed by atoms with E-state index >= 15 is 0 Å². The third-order valence-electron chi connectivity index (χ3n) is 3.73. The van der Waals surface area contributed by atoms with Crippen molar-refractivity contribution in [2.45, 2.75) is 26.2 Å². The Morgan fingerprint density at radius 3 is 2.89 bits per heavy atom. The Hall–Kier alpha value is -1.68. The highest BCUT2D eigenvalue weighted by atomic mass is 15.5. The molecule has 2 aromatic rings. The predicted octanol–water partition coefficient (Wildman–Crippen LogP) is 2.12. The third kappa shape index (κ3) is 3.01. The summed E-state index contributed by atoms with van der Waals surface area (Å²) in [5, 5.41) is 12.1. The molecule has 3 rings (SSSR count). The van der Waals surface area contributed by atoms with Crippen LogP contribution in [0, 0.1) is 12.8 Å². The standard InChI is InChI=1S/C15H20N4/c1-12-11-17-19(18-12)15-4-2-3-14(10-15)9-13-5-7-16-8-6-13/h2-4,10-11,13,16H,5-9H2,1H3. The van der Waals surface area contributed by atoms with Crippen molar-refractivity contribution in [1.29, 1.82) is 0 Å². The molecule has 1 aromatic heterocycles. The van der Waals surface area contributed by atoms with Crippen molar-refractivity contribution >= 4 is 0 Å². The summed E-state index contributed by atoms with van der Waals surface area (Å²) < 4.78 is 0. The highest BCUT2D eigenvalue weighted by Crippen LogP contribution is 2.19. The van der Waals surface area contributed by atoms with E-state index in [0.717, 1.165) is 36.8 Å². The van der Waals surface area contributed by atoms with Crippen LogP contribution < -0.4 is 5.32 Å². The minimum atomic E-state index is 0.809. The first kappa shape index (κ1) is 12.4. The lowest BCUT2D eigenvalue weighted by atomic mass is 9.91. The van der Waals surface area contributed by atoms with Crippen LogP contribution in [-0.2, 0) is 6.42 Å². The number of nitrogens with zero attached hydrogens (tertiary/aromatic N) is 3. The number of aryl methyl sites for hydroxylation is 1. The summed E-state index contributed by atoms with van der Waals surface area (Å²) in [4.78, 5) is 1.71. The van der Waals surface area contributed by atoms with Crippen molar-refractivity contribution in [2.24, 2.45) is 5.92 Å². The van der Waals surface area contributed by atoms with Gasteiger partial charge in [-0.05, 0) is 62.9 Å². The van der Waals surface area contributed by atoms with Gasteiger partial charge in [-0.1, -0.05) is 12.1 Å². The summed E-state index contributed by atoms with van der Waals surface area (Å²) in [6.45, 7) is 4.27. The molecule has 1 aliphatic rings. The van der Waals surface area contributed by atoms with Crippen LogP contribution in [0.1, 0.15) is 24.1 Å². The molecular formula is C15H20N4. The van der Waals surface area contributed by atoms with Gasteiger partial charge in [-0.3, -0.25) is 0 Å². The topological polar surface area (TPSA) is 42.7 Å². The van der Waals surface area contributed by atoms with E-state index in [1.54, 1.807) is 11.0 Å². The van der Waals surface area contributed by atoms with Crippen molar-refractivity contribution in [1.82, 2.24) is 20.3 Å². The van der Waals surface area contributed by atoms with Gasteiger partial charge in [0.15, 0.2) is 0 Å². The van der Waals surface area contributed by atoms with E-state index in [1.165, 1.54) is 18.4 Å². The maximum Gasteiger partial charge on any atom is 0.0859 e. The maximum absolute atomic E-state index is 4.36. The van der Waals surface area contributed by atoms with Crippen molar-refractivity contribution < 1.29 is 0 Å². The number of benzene rings is 1. The zero-order valence-electron chi connectivity index (χ0n) is 11.3. The molecule has 0 saturated carbocycles. The molecule has 0 spiro atoms. The van der Waals surface area contributed by atoms with Crippen LogP contribution >= 0.6 is 0 Å². The first-order chi connectivity index (χ1) is 9.31. The fraction of sp³-hybridized carbons (Fsp3) is 0.467. The van der Waals surface area contributed by atoms with Gasteiger partial charge >= 0.3 is 0 Å². The molecule has 0 atom stereocenters. The highest BCUT2D eigenvalue weighted by Gasteiger charge is 2.13. The Bertz CT molecular complexity index is 541. The van der Waals surface area contributed by atoms with Crippen molar-refractivity contribution in [2.75, 3.05) is 13.1 Å². The fourth-order valence-corrected chi connectivity index (χ4v) is 2.69. The minimum absolute atomic E-state index is 0.809. The van der Waals surface area contributed by atoms with Gasteiger partial charge in [-0.2, -0.15) is 15.0 Å². The van der Waals surface area contributed by atoms with E-state index in [4.69, 9.17) is 0 Å². The summed E-state index contributed by atoms with van der Waals surface area (Å²) in [6, 6.07) is 8.58.